The first-order valence-corrected chi connectivity index (χ1v) is 7.50. The zero-order chi connectivity index (χ0) is 13.4. The largest absolute Gasteiger partial charge is 0.315 e. The summed E-state index contributed by atoms with van der Waals surface area (Å²) in [5.74, 6) is -0.449. The predicted molar refractivity (Wildman–Crippen MR) is 69.4 cm³/mol. The van der Waals surface area contributed by atoms with Crippen molar-refractivity contribution in [3.8, 4) is 0 Å². The lowest BCUT2D eigenvalue weighted by molar-refractivity contribution is 0.572. The van der Waals surface area contributed by atoms with Crippen LogP contribution in [0, 0.1) is 5.82 Å². The molecule has 0 unspecified atom stereocenters. The highest BCUT2D eigenvalue weighted by molar-refractivity contribution is 7.89. The predicted octanol–water partition coefficient (Wildman–Crippen LogP) is 1.49. The van der Waals surface area contributed by atoms with E-state index in [-0.39, 0.29) is 4.90 Å². The minimum absolute atomic E-state index is 0.0810. The summed E-state index contributed by atoms with van der Waals surface area (Å²) < 4.78 is 38.7. The molecule has 4 nitrogen and oxygen atoms in total. The van der Waals surface area contributed by atoms with Crippen molar-refractivity contribution in [3.63, 3.8) is 0 Å². The molecule has 0 atom stereocenters. The maximum absolute atomic E-state index is 12.7. The fraction of sp³-hybridized carbons (Fsp3) is 0.500. The van der Waals surface area contributed by atoms with E-state index in [0.717, 1.165) is 31.5 Å². The van der Waals surface area contributed by atoms with Crippen molar-refractivity contribution in [2.24, 2.45) is 0 Å². The maximum atomic E-state index is 12.7. The molecule has 1 rings (SSSR count). The van der Waals surface area contributed by atoms with Crippen LogP contribution in [0.2, 0.25) is 0 Å². The van der Waals surface area contributed by atoms with Gasteiger partial charge in [0.05, 0.1) is 4.90 Å². The number of nitrogens with one attached hydrogen (secondary N) is 2. The number of benzene rings is 1. The third kappa shape index (κ3) is 5.12. The van der Waals surface area contributed by atoms with Crippen LogP contribution in [0.5, 0.6) is 0 Å². The molecular formula is C12H19FN2O2S. The fourth-order valence-electron chi connectivity index (χ4n) is 1.40. The standard InChI is InChI=1S/C12H19FN2O2S/c1-2-3-8-14-9-10-15-18(16,17)12-6-4-11(13)5-7-12/h4-7,14-15H,2-3,8-10H2,1H3. The van der Waals surface area contributed by atoms with Crippen LogP contribution in [0.3, 0.4) is 0 Å². The Labute approximate surface area is 108 Å². The third-order valence-corrected chi connectivity index (χ3v) is 3.90. The average molecular weight is 274 g/mol. The van der Waals surface area contributed by atoms with E-state index in [0.29, 0.717) is 13.1 Å². The highest BCUT2D eigenvalue weighted by atomic mass is 32.2. The van der Waals surface area contributed by atoms with Gasteiger partial charge in [-0.15, -0.1) is 0 Å². The first-order valence-electron chi connectivity index (χ1n) is 6.02. The minimum atomic E-state index is -3.53. The maximum Gasteiger partial charge on any atom is 0.240 e. The van der Waals surface area contributed by atoms with Crippen LogP contribution >= 0.6 is 0 Å². The Balaban J connectivity index is 2.38. The Morgan fingerprint density at radius 3 is 2.39 bits per heavy atom. The molecule has 0 aliphatic carbocycles. The number of sulfonamides is 1. The Hall–Kier alpha value is -0.980. The minimum Gasteiger partial charge on any atom is -0.315 e. The van der Waals surface area contributed by atoms with Gasteiger partial charge in [-0.3, -0.25) is 0 Å². The number of unbranched alkanes of at least 4 members (excludes halogenated alkanes) is 1. The summed E-state index contributed by atoms with van der Waals surface area (Å²) in [5, 5.41) is 3.13. The molecule has 0 amide bonds. The SMILES string of the molecule is CCCCNCCNS(=O)(=O)c1ccc(F)cc1. The van der Waals surface area contributed by atoms with Gasteiger partial charge in [-0.2, -0.15) is 0 Å². The Bertz CT molecular complexity index is 446. The summed E-state index contributed by atoms with van der Waals surface area (Å²) in [6.45, 7) is 3.89. The van der Waals surface area contributed by atoms with Crippen LogP contribution in [-0.4, -0.2) is 28.1 Å². The number of hydrogen-bond acceptors (Lipinski definition) is 3. The summed E-state index contributed by atoms with van der Waals surface area (Å²) in [4.78, 5) is 0.0810. The van der Waals surface area contributed by atoms with Crippen molar-refractivity contribution in [2.75, 3.05) is 19.6 Å². The van der Waals surface area contributed by atoms with Crippen molar-refractivity contribution in [1.29, 1.82) is 0 Å². The second-order valence-electron chi connectivity index (χ2n) is 3.96. The van der Waals surface area contributed by atoms with Gasteiger partial charge in [-0.05, 0) is 37.2 Å². The zero-order valence-electron chi connectivity index (χ0n) is 10.4. The highest BCUT2D eigenvalue weighted by Gasteiger charge is 2.12. The van der Waals surface area contributed by atoms with Gasteiger partial charge in [0.2, 0.25) is 10.0 Å². The molecule has 0 radical (unpaired) electrons. The van der Waals surface area contributed by atoms with Crippen molar-refractivity contribution >= 4 is 10.0 Å². The first kappa shape index (κ1) is 15.1. The first-order chi connectivity index (χ1) is 8.56. The van der Waals surface area contributed by atoms with Crippen molar-refractivity contribution < 1.29 is 12.8 Å². The number of rotatable bonds is 8. The molecule has 0 spiro atoms. The van der Waals surface area contributed by atoms with Gasteiger partial charge in [0.25, 0.3) is 0 Å². The van der Waals surface area contributed by atoms with E-state index in [1.54, 1.807) is 0 Å². The molecule has 6 heteroatoms. The third-order valence-electron chi connectivity index (χ3n) is 2.42. The smallest absolute Gasteiger partial charge is 0.240 e. The van der Waals surface area contributed by atoms with Crippen molar-refractivity contribution in [1.82, 2.24) is 10.0 Å². The van der Waals surface area contributed by atoms with Gasteiger partial charge >= 0.3 is 0 Å². The fourth-order valence-corrected chi connectivity index (χ4v) is 2.43. The molecule has 0 heterocycles. The molecule has 2 N–H and O–H groups in total. The van der Waals surface area contributed by atoms with Crippen molar-refractivity contribution in [2.45, 2.75) is 24.7 Å². The molecule has 0 fully saturated rings. The topological polar surface area (TPSA) is 58.2 Å². The lowest BCUT2D eigenvalue weighted by atomic mass is 10.3. The summed E-state index contributed by atoms with van der Waals surface area (Å²) in [7, 11) is -3.53. The second-order valence-corrected chi connectivity index (χ2v) is 5.72. The molecule has 1 aromatic rings. The Morgan fingerprint density at radius 1 is 1.11 bits per heavy atom. The van der Waals surface area contributed by atoms with Crippen LogP contribution in [0.1, 0.15) is 19.8 Å². The molecule has 18 heavy (non-hydrogen) atoms. The molecule has 0 aromatic heterocycles. The van der Waals surface area contributed by atoms with Crippen LogP contribution in [0.15, 0.2) is 29.2 Å². The quantitative estimate of drug-likeness (QED) is 0.706. The highest BCUT2D eigenvalue weighted by Crippen LogP contribution is 2.08. The number of hydrogen-bond donors (Lipinski definition) is 2. The molecule has 0 aliphatic rings. The molecule has 1 aromatic carbocycles. The lowest BCUT2D eigenvalue weighted by Gasteiger charge is -2.07. The summed E-state index contributed by atoms with van der Waals surface area (Å²) >= 11 is 0. The molecule has 0 aliphatic heterocycles. The second kappa shape index (κ2) is 7.45. The summed E-state index contributed by atoms with van der Waals surface area (Å²) in [5.41, 5.74) is 0. The van der Waals surface area contributed by atoms with E-state index in [1.165, 1.54) is 12.1 Å². The van der Waals surface area contributed by atoms with Gasteiger partial charge in [-0.25, -0.2) is 17.5 Å². The molecule has 102 valence electrons. The number of halogens is 1. The van der Waals surface area contributed by atoms with E-state index < -0.39 is 15.8 Å². The molecular weight excluding hydrogens is 255 g/mol. The average Bonchev–Trinajstić information content (AvgIpc) is 2.34. The van der Waals surface area contributed by atoms with Gasteiger partial charge in [0.1, 0.15) is 5.82 Å². The summed E-state index contributed by atoms with van der Waals surface area (Å²) in [6, 6.07) is 4.77. The van der Waals surface area contributed by atoms with E-state index in [4.69, 9.17) is 0 Å². The zero-order valence-corrected chi connectivity index (χ0v) is 11.3. The monoisotopic (exact) mass is 274 g/mol. The normalized spacial score (nSPS) is 11.7. The summed E-state index contributed by atoms with van der Waals surface area (Å²) in [6.07, 6.45) is 2.18. The van der Waals surface area contributed by atoms with Gasteiger partial charge in [0, 0.05) is 13.1 Å². The van der Waals surface area contributed by atoms with Gasteiger partial charge in [-0.1, -0.05) is 13.3 Å². The van der Waals surface area contributed by atoms with E-state index in [2.05, 4.69) is 17.0 Å². The van der Waals surface area contributed by atoms with Crippen LogP contribution in [0.25, 0.3) is 0 Å². The van der Waals surface area contributed by atoms with E-state index in [1.807, 2.05) is 0 Å². The van der Waals surface area contributed by atoms with E-state index in [9.17, 15) is 12.8 Å². The van der Waals surface area contributed by atoms with Crippen LogP contribution < -0.4 is 10.0 Å². The van der Waals surface area contributed by atoms with Crippen LogP contribution in [-0.2, 0) is 10.0 Å². The van der Waals surface area contributed by atoms with E-state index >= 15 is 0 Å². The lowest BCUT2D eigenvalue weighted by Crippen LogP contribution is -2.32. The molecule has 0 saturated carbocycles. The van der Waals surface area contributed by atoms with Crippen molar-refractivity contribution in [3.05, 3.63) is 30.1 Å². The molecule has 0 bridgehead atoms. The Kier molecular flexibility index (Phi) is 6.24. The van der Waals surface area contributed by atoms with Crippen LogP contribution in [0.4, 0.5) is 4.39 Å². The van der Waals surface area contributed by atoms with Gasteiger partial charge < -0.3 is 5.32 Å². The Morgan fingerprint density at radius 2 is 1.78 bits per heavy atom. The van der Waals surface area contributed by atoms with Gasteiger partial charge in [0.15, 0.2) is 0 Å². The molecule has 0 saturated heterocycles.